The summed E-state index contributed by atoms with van der Waals surface area (Å²) in [5, 5.41) is 9.40. The number of nitrogens with zero attached hydrogens (tertiary/aromatic N) is 1. The van der Waals surface area contributed by atoms with Crippen molar-refractivity contribution in [2.75, 3.05) is 0 Å². The third kappa shape index (κ3) is 2.48. The van der Waals surface area contributed by atoms with Crippen molar-refractivity contribution in [1.29, 1.82) is 0 Å². The van der Waals surface area contributed by atoms with Gasteiger partial charge in [-0.1, -0.05) is 18.2 Å². The van der Waals surface area contributed by atoms with E-state index in [0.717, 1.165) is 3.97 Å². The lowest BCUT2D eigenvalue weighted by atomic mass is 10.1. The number of ketones is 1. The van der Waals surface area contributed by atoms with Crippen LogP contribution < -0.4 is 0 Å². The van der Waals surface area contributed by atoms with Gasteiger partial charge < -0.3 is 5.11 Å². The zero-order valence-corrected chi connectivity index (χ0v) is 13.4. The summed E-state index contributed by atoms with van der Waals surface area (Å²) in [7, 11) is -3.89. The van der Waals surface area contributed by atoms with Gasteiger partial charge in [0.2, 0.25) is 0 Å². The van der Waals surface area contributed by atoms with Crippen molar-refractivity contribution in [3.05, 3.63) is 65.9 Å². The number of rotatable bonds is 4. The van der Waals surface area contributed by atoms with Gasteiger partial charge in [-0.2, -0.15) is 0 Å². The summed E-state index contributed by atoms with van der Waals surface area (Å²) < 4.78 is 26.7. The van der Waals surface area contributed by atoms with Crippen molar-refractivity contribution < 1.29 is 23.1 Å². The average Bonchev–Trinajstić information content (AvgIpc) is 2.95. The van der Waals surface area contributed by atoms with Crippen LogP contribution in [0.15, 0.2) is 59.6 Å². The maximum atomic E-state index is 12.8. The summed E-state index contributed by atoms with van der Waals surface area (Å²) in [4.78, 5) is 23.1. The SMILES string of the molecule is CC(=O)c1cn(S(=O)(=O)c2ccccc2)c2ccc(C(=O)O)cc12. The Hall–Kier alpha value is -2.93. The molecule has 1 heterocycles. The van der Waals surface area contributed by atoms with Crippen LogP contribution >= 0.6 is 0 Å². The van der Waals surface area contributed by atoms with Gasteiger partial charge in [0.05, 0.1) is 16.0 Å². The van der Waals surface area contributed by atoms with Crippen LogP contribution in [0.1, 0.15) is 27.6 Å². The smallest absolute Gasteiger partial charge is 0.335 e. The molecule has 3 rings (SSSR count). The average molecular weight is 343 g/mol. The Labute approximate surface area is 138 Å². The molecule has 0 amide bonds. The van der Waals surface area contributed by atoms with E-state index in [-0.39, 0.29) is 27.3 Å². The molecule has 24 heavy (non-hydrogen) atoms. The molecule has 6 nitrogen and oxygen atoms in total. The maximum absolute atomic E-state index is 12.8. The predicted molar refractivity (Wildman–Crippen MR) is 87.9 cm³/mol. The molecule has 7 heteroatoms. The fraction of sp³-hybridized carbons (Fsp3) is 0.0588. The molecule has 3 aromatic rings. The molecule has 1 N–H and O–H groups in total. The van der Waals surface area contributed by atoms with Crippen molar-refractivity contribution in [1.82, 2.24) is 3.97 Å². The van der Waals surface area contributed by atoms with Crippen molar-refractivity contribution in [2.24, 2.45) is 0 Å². The van der Waals surface area contributed by atoms with Crippen LogP contribution in [0.4, 0.5) is 0 Å². The molecule has 0 spiro atoms. The van der Waals surface area contributed by atoms with Gasteiger partial charge in [-0.05, 0) is 37.3 Å². The maximum Gasteiger partial charge on any atom is 0.335 e. The normalized spacial score (nSPS) is 11.5. The Balaban J connectivity index is 2.34. The highest BCUT2D eigenvalue weighted by Gasteiger charge is 2.23. The molecule has 0 saturated heterocycles. The van der Waals surface area contributed by atoms with E-state index in [9.17, 15) is 18.0 Å². The summed E-state index contributed by atoms with van der Waals surface area (Å²) >= 11 is 0. The molecule has 0 bridgehead atoms. The number of carbonyl (C=O) groups excluding carboxylic acids is 1. The number of aromatic carboxylic acids is 1. The summed E-state index contributed by atoms with van der Waals surface area (Å²) in [5.41, 5.74) is 0.404. The third-order valence-electron chi connectivity index (χ3n) is 3.70. The van der Waals surface area contributed by atoms with Crippen LogP contribution in [0, 0.1) is 0 Å². The number of fused-ring (bicyclic) bond motifs is 1. The van der Waals surface area contributed by atoms with Crippen molar-refractivity contribution in [3.8, 4) is 0 Å². The van der Waals surface area contributed by atoms with E-state index in [2.05, 4.69) is 0 Å². The Bertz CT molecular complexity index is 1070. The minimum Gasteiger partial charge on any atom is -0.478 e. The lowest BCUT2D eigenvalue weighted by molar-refractivity contribution is 0.0696. The third-order valence-corrected chi connectivity index (χ3v) is 5.38. The van der Waals surface area contributed by atoms with Gasteiger partial charge in [0.15, 0.2) is 5.78 Å². The van der Waals surface area contributed by atoms with Crippen LogP contribution in [0.2, 0.25) is 0 Å². The van der Waals surface area contributed by atoms with E-state index in [1.807, 2.05) is 0 Å². The Morgan fingerprint density at radius 3 is 2.29 bits per heavy atom. The standard InChI is InChI=1S/C17H13NO5S/c1-11(19)15-10-18(24(22,23)13-5-3-2-4-6-13)16-8-7-12(17(20)21)9-14(15)16/h2-10H,1H3,(H,20,21). The van der Waals surface area contributed by atoms with E-state index < -0.39 is 16.0 Å². The fourth-order valence-electron chi connectivity index (χ4n) is 2.52. The first-order valence-corrected chi connectivity index (χ1v) is 8.46. The van der Waals surface area contributed by atoms with E-state index in [1.54, 1.807) is 18.2 Å². The molecule has 0 radical (unpaired) electrons. The highest BCUT2D eigenvalue weighted by atomic mass is 32.2. The number of Topliss-reactive ketones (excluding diaryl/α,β-unsaturated/α-hetero) is 1. The molecule has 2 aromatic carbocycles. The minimum absolute atomic E-state index is 0.0140. The Morgan fingerprint density at radius 2 is 1.71 bits per heavy atom. The molecule has 0 unspecified atom stereocenters. The number of carboxylic acids is 1. The number of hydrogen-bond acceptors (Lipinski definition) is 4. The zero-order valence-electron chi connectivity index (χ0n) is 12.6. The largest absolute Gasteiger partial charge is 0.478 e. The van der Waals surface area contributed by atoms with Gasteiger partial charge in [-0.15, -0.1) is 0 Å². The topological polar surface area (TPSA) is 93.4 Å². The van der Waals surface area contributed by atoms with Gasteiger partial charge in [-0.3, -0.25) is 4.79 Å². The zero-order chi connectivity index (χ0) is 17.5. The van der Waals surface area contributed by atoms with E-state index in [4.69, 9.17) is 5.11 Å². The van der Waals surface area contributed by atoms with Gasteiger partial charge >= 0.3 is 5.97 Å². The lowest BCUT2D eigenvalue weighted by Crippen LogP contribution is -2.11. The predicted octanol–water partition coefficient (Wildman–Crippen LogP) is 2.78. The van der Waals surface area contributed by atoms with Crippen molar-refractivity contribution >= 4 is 32.7 Å². The van der Waals surface area contributed by atoms with Gasteiger partial charge in [0.25, 0.3) is 10.0 Å². The van der Waals surface area contributed by atoms with Crippen LogP contribution in [-0.2, 0) is 10.0 Å². The van der Waals surface area contributed by atoms with E-state index >= 15 is 0 Å². The number of benzene rings is 2. The van der Waals surface area contributed by atoms with Crippen molar-refractivity contribution in [2.45, 2.75) is 11.8 Å². The fourth-order valence-corrected chi connectivity index (χ4v) is 3.91. The van der Waals surface area contributed by atoms with Gasteiger partial charge in [0.1, 0.15) is 0 Å². The Kier molecular flexibility index (Phi) is 3.73. The summed E-state index contributed by atoms with van der Waals surface area (Å²) in [6, 6.07) is 11.8. The number of aromatic nitrogens is 1. The quantitative estimate of drug-likeness (QED) is 0.735. The summed E-state index contributed by atoms with van der Waals surface area (Å²) in [6.07, 6.45) is 1.24. The second-order valence-electron chi connectivity index (χ2n) is 5.25. The first-order chi connectivity index (χ1) is 11.3. The van der Waals surface area contributed by atoms with Crippen LogP contribution in [0.3, 0.4) is 0 Å². The summed E-state index contributed by atoms with van der Waals surface area (Å²) in [5.74, 6) is -1.49. The number of hydrogen-bond donors (Lipinski definition) is 1. The molecular formula is C17H13NO5S. The second-order valence-corrected chi connectivity index (χ2v) is 7.06. The van der Waals surface area contributed by atoms with Crippen molar-refractivity contribution in [3.63, 3.8) is 0 Å². The molecule has 0 saturated carbocycles. The van der Waals surface area contributed by atoms with Crippen LogP contribution in [0.5, 0.6) is 0 Å². The number of carboxylic acid groups (broad SMARTS) is 1. The summed E-state index contributed by atoms with van der Waals surface area (Å²) in [6.45, 7) is 1.31. The molecule has 1 aromatic heterocycles. The van der Waals surface area contributed by atoms with Crippen LogP contribution in [0.25, 0.3) is 10.9 Å². The number of carbonyl (C=O) groups is 2. The van der Waals surface area contributed by atoms with Gasteiger partial charge in [-0.25, -0.2) is 17.2 Å². The first kappa shape index (κ1) is 15.9. The molecule has 0 fully saturated rings. The lowest BCUT2D eigenvalue weighted by Gasteiger charge is -2.07. The molecule has 0 aliphatic rings. The van der Waals surface area contributed by atoms with E-state index in [0.29, 0.717) is 5.39 Å². The Morgan fingerprint density at radius 1 is 1.04 bits per heavy atom. The molecule has 0 atom stereocenters. The van der Waals surface area contributed by atoms with Gasteiger partial charge in [0, 0.05) is 17.1 Å². The first-order valence-electron chi connectivity index (χ1n) is 7.02. The molecule has 0 aliphatic carbocycles. The molecular weight excluding hydrogens is 330 g/mol. The van der Waals surface area contributed by atoms with E-state index in [1.165, 1.54) is 43.5 Å². The molecule has 0 aliphatic heterocycles. The molecule has 122 valence electrons. The second kappa shape index (κ2) is 5.61. The highest BCUT2D eigenvalue weighted by molar-refractivity contribution is 7.90. The minimum atomic E-state index is -3.89. The highest BCUT2D eigenvalue weighted by Crippen LogP contribution is 2.27. The monoisotopic (exact) mass is 343 g/mol. The van der Waals surface area contributed by atoms with Crippen LogP contribution in [-0.4, -0.2) is 29.2 Å².